The zero-order valence-electron chi connectivity index (χ0n) is 10.3. The number of hydrogen-bond donors (Lipinski definition) is 0. The summed E-state index contributed by atoms with van der Waals surface area (Å²) < 4.78 is 41.0. The molecule has 0 saturated carbocycles. The third-order valence-electron chi connectivity index (χ3n) is 3.42. The quantitative estimate of drug-likeness (QED) is 0.793. The molecule has 0 saturated heterocycles. The van der Waals surface area contributed by atoms with Crippen molar-refractivity contribution in [3.8, 4) is 6.07 Å². The largest absolute Gasteiger partial charge is 0.338 e. The Morgan fingerprint density at radius 1 is 1.00 bits per heavy atom. The molecule has 0 aromatic heterocycles. The molecule has 0 spiro atoms. The van der Waals surface area contributed by atoms with Gasteiger partial charge in [-0.3, -0.25) is 0 Å². The maximum atomic E-state index is 14.0. The zero-order valence-corrected chi connectivity index (χ0v) is 10.3. The smallest absolute Gasteiger partial charge is 0.183 e. The molecule has 100 valence electrons. The molecule has 0 bridgehead atoms. The van der Waals surface area contributed by atoms with Gasteiger partial charge in [-0.15, -0.1) is 0 Å². The van der Waals surface area contributed by atoms with Crippen molar-refractivity contribution in [1.82, 2.24) is 0 Å². The van der Waals surface area contributed by atoms with E-state index >= 15 is 0 Å². The van der Waals surface area contributed by atoms with Crippen LogP contribution >= 0.6 is 0 Å². The third-order valence-corrected chi connectivity index (χ3v) is 3.42. The maximum Gasteiger partial charge on any atom is 0.183 e. The number of fused-ring (bicyclic) bond motifs is 1. The molecule has 1 heterocycles. The van der Waals surface area contributed by atoms with E-state index in [1.807, 2.05) is 0 Å². The van der Waals surface area contributed by atoms with Crippen LogP contribution in [-0.2, 0) is 6.42 Å². The van der Waals surface area contributed by atoms with Crippen molar-refractivity contribution < 1.29 is 13.2 Å². The minimum Gasteiger partial charge on any atom is -0.338 e. The van der Waals surface area contributed by atoms with E-state index in [9.17, 15) is 13.2 Å². The highest BCUT2D eigenvalue weighted by molar-refractivity contribution is 5.70. The van der Waals surface area contributed by atoms with E-state index in [4.69, 9.17) is 5.26 Å². The summed E-state index contributed by atoms with van der Waals surface area (Å²) in [6.45, 7) is 0.445. The predicted molar refractivity (Wildman–Crippen MR) is 68.2 cm³/mol. The van der Waals surface area contributed by atoms with Crippen LogP contribution in [-0.4, -0.2) is 6.54 Å². The molecule has 0 N–H and O–H groups in total. The summed E-state index contributed by atoms with van der Waals surface area (Å²) in [4.78, 5) is 1.53. The number of halogens is 3. The van der Waals surface area contributed by atoms with Gasteiger partial charge in [0.2, 0.25) is 0 Å². The van der Waals surface area contributed by atoms with Crippen LogP contribution in [0.3, 0.4) is 0 Å². The molecule has 2 nitrogen and oxygen atoms in total. The molecule has 0 aliphatic carbocycles. The molecular weight excluding hydrogens is 265 g/mol. The Balaban J connectivity index is 2.12. The number of benzene rings is 2. The van der Waals surface area contributed by atoms with Gasteiger partial charge in [0.05, 0.1) is 11.3 Å². The fourth-order valence-electron chi connectivity index (χ4n) is 2.44. The maximum absolute atomic E-state index is 14.0. The molecule has 5 heteroatoms. The first-order chi connectivity index (χ1) is 9.61. The summed E-state index contributed by atoms with van der Waals surface area (Å²) in [6, 6.07) is 8.45. The zero-order chi connectivity index (χ0) is 14.3. The average Bonchev–Trinajstić information content (AvgIpc) is 2.85. The van der Waals surface area contributed by atoms with E-state index in [0.29, 0.717) is 18.7 Å². The van der Waals surface area contributed by atoms with Crippen molar-refractivity contribution in [3.63, 3.8) is 0 Å². The Bertz CT molecular complexity index is 735. The van der Waals surface area contributed by atoms with Crippen LogP contribution in [0.4, 0.5) is 24.5 Å². The Hall–Kier alpha value is -2.48. The van der Waals surface area contributed by atoms with Gasteiger partial charge in [0, 0.05) is 12.2 Å². The van der Waals surface area contributed by atoms with Gasteiger partial charge < -0.3 is 4.90 Å². The Labute approximate surface area is 113 Å². The van der Waals surface area contributed by atoms with E-state index in [0.717, 1.165) is 5.56 Å². The number of hydrogen-bond acceptors (Lipinski definition) is 2. The molecule has 0 fully saturated rings. The Kier molecular flexibility index (Phi) is 2.87. The molecular formula is C15H9F3N2. The Morgan fingerprint density at radius 2 is 1.80 bits per heavy atom. The van der Waals surface area contributed by atoms with Crippen LogP contribution in [0.1, 0.15) is 11.1 Å². The van der Waals surface area contributed by atoms with E-state index in [1.165, 1.54) is 29.2 Å². The number of nitriles is 1. The van der Waals surface area contributed by atoms with E-state index in [1.54, 1.807) is 12.1 Å². The predicted octanol–water partition coefficient (Wildman–Crippen LogP) is 3.67. The van der Waals surface area contributed by atoms with Gasteiger partial charge in [-0.05, 0) is 36.2 Å². The lowest BCUT2D eigenvalue weighted by Gasteiger charge is -2.20. The van der Waals surface area contributed by atoms with Crippen molar-refractivity contribution >= 4 is 11.4 Å². The van der Waals surface area contributed by atoms with Crippen LogP contribution in [0.25, 0.3) is 0 Å². The summed E-state index contributed by atoms with van der Waals surface area (Å²) in [5.74, 6) is -2.68. The van der Waals surface area contributed by atoms with Gasteiger partial charge in [0.25, 0.3) is 0 Å². The first kappa shape index (κ1) is 12.5. The fourth-order valence-corrected chi connectivity index (χ4v) is 2.44. The summed E-state index contributed by atoms with van der Waals surface area (Å²) >= 11 is 0. The van der Waals surface area contributed by atoms with Crippen LogP contribution in [0.5, 0.6) is 0 Å². The van der Waals surface area contributed by atoms with Gasteiger partial charge in [-0.25, -0.2) is 13.2 Å². The van der Waals surface area contributed by atoms with Gasteiger partial charge in [0.15, 0.2) is 11.6 Å². The van der Waals surface area contributed by atoms with Gasteiger partial charge >= 0.3 is 0 Å². The molecule has 2 aromatic rings. The van der Waals surface area contributed by atoms with Crippen LogP contribution in [0.15, 0.2) is 30.3 Å². The van der Waals surface area contributed by atoms with E-state index in [-0.39, 0.29) is 11.3 Å². The number of nitrogens with zero attached hydrogens (tertiary/aromatic N) is 2. The highest BCUT2D eigenvalue weighted by Crippen LogP contribution is 2.37. The first-order valence-corrected chi connectivity index (χ1v) is 6.06. The van der Waals surface area contributed by atoms with Crippen molar-refractivity contribution in [2.75, 3.05) is 11.4 Å². The normalized spacial score (nSPS) is 13.2. The van der Waals surface area contributed by atoms with E-state index < -0.39 is 17.5 Å². The van der Waals surface area contributed by atoms with Gasteiger partial charge in [-0.1, -0.05) is 6.07 Å². The molecule has 0 amide bonds. The Morgan fingerprint density at radius 3 is 2.55 bits per heavy atom. The van der Waals surface area contributed by atoms with Crippen molar-refractivity contribution in [1.29, 1.82) is 5.26 Å². The molecule has 0 atom stereocenters. The van der Waals surface area contributed by atoms with Gasteiger partial charge in [-0.2, -0.15) is 5.26 Å². The fraction of sp³-hybridized carbons (Fsp3) is 0.133. The topological polar surface area (TPSA) is 27.0 Å². The standard InChI is InChI=1S/C15H9F3N2/c16-11-3-1-9-5-6-20(13(9)7-11)12-4-2-10(8-19)14(17)15(12)18/h1-4,7H,5-6H2. The molecule has 3 rings (SSSR count). The highest BCUT2D eigenvalue weighted by atomic mass is 19.2. The SMILES string of the molecule is N#Cc1ccc(N2CCc3ccc(F)cc32)c(F)c1F. The molecule has 20 heavy (non-hydrogen) atoms. The lowest BCUT2D eigenvalue weighted by Crippen LogP contribution is -2.16. The molecule has 1 aliphatic rings. The van der Waals surface area contributed by atoms with Crippen LogP contribution in [0.2, 0.25) is 0 Å². The average molecular weight is 274 g/mol. The summed E-state index contributed by atoms with van der Waals surface area (Å²) in [6.07, 6.45) is 0.636. The third kappa shape index (κ3) is 1.81. The second kappa shape index (κ2) is 4.57. The van der Waals surface area contributed by atoms with E-state index in [2.05, 4.69) is 0 Å². The van der Waals surface area contributed by atoms with Crippen molar-refractivity contribution in [2.45, 2.75) is 6.42 Å². The summed E-state index contributed by atoms with van der Waals surface area (Å²) in [7, 11) is 0. The van der Waals surface area contributed by atoms with Gasteiger partial charge in [0.1, 0.15) is 11.9 Å². The molecule has 2 aromatic carbocycles. The second-order valence-electron chi connectivity index (χ2n) is 4.55. The van der Waals surface area contributed by atoms with Crippen molar-refractivity contribution in [3.05, 3.63) is 58.9 Å². The second-order valence-corrected chi connectivity index (χ2v) is 4.55. The molecule has 0 unspecified atom stereocenters. The lowest BCUT2D eigenvalue weighted by molar-refractivity contribution is 0.506. The minimum absolute atomic E-state index is 0.0193. The van der Waals surface area contributed by atoms with Crippen molar-refractivity contribution in [2.24, 2.45) is 0 Å². The monoisotopic (exact) mass is 274 g/mol. The first-order valence-electron chi connectivity index (χ1n) is 6.06. The minimum atomic E-state index is -1.17. The molecule has 1 aliphatic heterocycles. The molecule has 0 radical (unpaired) electrons. The summed E-state index contributed by atoms with van der Waals surface area (Å²) in [5.41, 5.74) is 1.10. The number of rotatable bonds is 1. The highest BCUT2D eigenvalue weighted by Gasteiger charge is 2.25. The number of anilines is 2. The van der Waals surface area contributed by atoms with Crippen LogP contribution in [0, 0.1) is 28.8 Å². The lowest BCUT2D eigenvalue weighted by atomic mass is 10.1. The van der Waals surface area contributed by atoms with Crippen LogP contribution < -0.4 is 4.90 Å². The summed E-state index contributed by atoms with van der Waals surface area (Å²) in [5, 5.41) is 8.67.